The highest BCUT2D eigenvalue weighted by Crippen LogP contribution is 2.21. The van der Waals surface area contributed by atoms with Gasteiger partial charge < -0.3 is 4.90 Å². The van der Waals surface area contributed by atoms with Crippen LogP contribution in [-0.2, 0) is 17.8 Å². The van der Waals surface area contributed by atoms with Crippen LogP contribution in [-0.4, -0.2) is 43.6 Å². The molecule has 1 amide bonds. The van der Waals surface area contributed by atoms with Crippen LogP contribution in [0.5, 0.6) is 0 Å². The lowest BCUT2D eigenvalue weighted by molar-refractivity contribution is -0.127. The maximum absolute atomic E-state index is 11.4. The SMILES string of the molecule is CCn1cc(-c2cncc(C[C@@H]3CCN(C(C)=O)C3)n2)cn1. The van der Waals surface area contributed by atoms with Crippen molar-refractivity contribution in [3.63, 3.8) is 0 Å². The predicted octanol–water partition coefficient (Wildman–Crippen LogP) is 1.77. The molecule has 1 atom stereocenters. The number of aryl methyl sites for hydroxylation is 1. The third-order valence-corrected chi connectivity index (χ3v) is 4.17. The Balaban J connectivity index is 1.70. The summed E-state index contributed by atoms with van der Waals surface area (Å²) in [6.45, 7) is 6.22. The van der Waals surface area contributed by atoms with Crippen LogP contribution in [0.1, 0.15) is 26.0 Å². The number of hydrogen-bond donors (Lipinski definition) is 0. The van der Waals surface area contributed by atoms with E-state index in [1.54, 1.807) is 13.1 Å². The van der Waals surface area contributed by atoms with Gasteiger partial charge in [-0.25, -0.2) is 4.98 Å². The van der Waals surface area contributed by atoms with E-state index in [1.807, 2.05) is 28.2 Å². The van der Waals surface area contributed by atoms with E-state index in [1.165, 1.54) is 0 Å². The molecule has 2 aromatic heterocycles. The van der Waals surface area contributed by atoms with Crippen LogP contribution >= 0.6 is 0 Å². The lowest BCUT2D eigenvalue weighted by Gasteiger charge is -2.13. The summed E-state index contributed by atoms with van der Waals surface area (Å²) in [4.78, 5) is 22.3. The van der Waals surface area contributed by atoms with Gasteiger partial charge in [0.05, 0.1) is 23.8 Å². The van der Waals surface area contributed by atoms with Gasteiger partial charge in [0.15, 0.2) is 0 Å². The average molecular weight is 299 g/mol. The monoisotopic (exact) mass is 299 g/mol. The highest BCUT2D eigenvalue weighted by atomic mass is 16.2. The van der Waals surface area contributed by atoms with E-state index in [0.29, 0.717) is 5.92 Å². The Hall–Kier alpha value is -2.24. The van der Waals surface area contributed by atoms with E-state index in [4.69, 9.17) is 4.98 Å². The van der Waals surface area contributed by atoms with Crippen molar-refractivity contribution < 1.29 is 4.79 Å². The Morgan fingerprint density at radius 2 is 2.23 bits per heavy atom. The molecule has 0 saturated carbocycles. The molecule has 0 radical (unpaired) electrons. The third-order valence-electron chi connectivity index (χ3n) is 4.17. The van der Waals surface area contributed by atoms with Crippen LogP contribution in [0.2, 0.25) is 0 Å². The molecule has 3 heterocycles. The number of rotatable bonds is 4. The van der Waals surface area contributed by atoms with Gasteiger partial charge in [-0.3, -0.25) is 14.5 Å². The average Bonchev–Trinajstić information content (AvgIpc) is 3.16. The molecule has 1 fully saturated rings. The summed E-state index contributed by atoms with van der Waals surface area (Å²) in [5.41, 5.74) is 2.84. The van der Waals surface area contributed by atoms with Gasteiger partial charge in [-0.15, -0.1) is 0 Å². The molecule has 22 heavy (non-hydrogen) atoms. The van der Waals surface area contributed by atoms with Gasteiger partial charge in [0, 0.05) is 44.5 Å². The molecule has 1 saturated heterocycles. The van der Waals surface area contributed by atoms with Crippen LogP contribution in [0.3, 0.4) is 0 Å². The Labute approximate surface area is 130 Å². The lowest BCUT2D eigenvalue weighted by atomic mass is 10.0. The van der Waals surface area contributed by atoms with Gasteiger partial charge in [0.1, 0.15) is 0 Å². The molecule has 0 N–H and O–H groups in total. The number of likely N-dealkylation sites (tertiary alicyclic amines) is 1. The van der Waals surface area contributed by atoms with Gasteiger partial charge in [-0.2, -0.15) is 5.10 Å². The smallest absolute Gasteiger partial charge is 0.219 e. The first-order chi connectivity index (χ1) is 10.7. The Kier molecular flexibility index (Phi) is 4.18. The van der Waals surface area contributed by atoms with Gasteiger partial charge in [0.2, 0.25) is 5.91 Å². The number of aromatic nitrogens is 4. The summed E-state index contributed by atoms with van der Waals surface area (Å²) in [5.74, 6) is 0.640. The van der Waals surface area contributed by atoms with Crippen molar-refractivity contribution in [1.29, 1.82) is 0 Å². The molecule has 3 rings (SSSR count). The third kappa shape index (κ3) is 3.16. The van der Waals surface area contributed by atoms with Crippen molar-refractivity contribution in [2.24, 2.45) is 5.92 Å². The summed E-state index contributed by atoms with van der Waals surface area (Å²) >= 11 is 0. The minimum Gasteiger partial charge on any atom is -0.343 e. The Morgan fingerprint density at radius 1 is 1.36 bits per heavy atom. The fourth-order valence-electron chi connectivity index (χ4n) is 2.89. The molecular formula is C16H21N5O. The molecule has 0 bridgehead atoms. The summed E-state index contributed by atoms with van der Waals surface area (Å²) in [5, 5.41) is 4.28. The number of hydrogen-bond acceptors (Lipinski definition) is 4. The van der Waals surface area contributed by atoms with E-state index in [-0.39, 0.29) is 5.91 Å². The van der Waals surface area contributed by atoms with E-state index in [2.05, 4.69) is 17.0 Å². The quantitative estimate of drug-likeness (QED) is 0.863. The highest BCUT2D eigenvalue weighted by Gasteiger charge is 2.24. The summed E-state index contributed by atoms with van der Waals surface area (Å²) in [6, 6.07) is 0. The summed E-state index contributed by atoms with van der Waals surface area (Å²) < 4.78 is 1.88. The molecule has 0 aliphatic carbocycles. The topological polar surface area (TPSA) is 63.9 Å². The van der Waals surface area contributed by atoms with E-state index < -0.39 is 0 Å². The summed E-state index contributed by atoms with van der Waals surface area (Å²) in [6.07, 6.45) is 9.32. The van der Waals surface area contributed by atoms with Crippen molar-refractivity contribution in [2.75, 3.05) is 13.1 Å². The predicted molar refractivity (Wildman–Crippen MR) is 83.0 cm³/mol. The molecule has 6 nitrogen and oxygen atoms in total. The zero-order valence-electron chi connectivity index (χ0n) is 13.1. The van der Waals surface area contributed by atoms with Crippen LogP contribution in [0, 0.1) is 5.92 Å². The second-order valence-corrected chi connectivity index (χ2v) is 5.80. The summed E-state index contributed by atoms with van der Waals surface area (Å²) in [7, 11) is 0. The minimum atomic E-state index is 0.161. The van der Waals surface area contributed by atoms with Crippen molar-refractivity contribution in [2.45, 2.75) is 33.2 Å². The van der Waals surface area contributed by atoms with Crippen molar-refractivity contribution in [3.8, 4) is 11.3 Å². The zero-order chi connectivity index (χ0) is 15.5. The molecule has 0 aromatic carbocycles. The number of nitrogens with zero attached hydrogens (tertiary/aromatic N) is 5. The van der Waals surface area contributed by atoms with Crippen LogP contribution < -0.4 is 0 Å². The minimum absolute atomic E-state index is 0.161. The standard InChI is InChI=1S/C16H21N5O/c1-3-21-11-14(7-18-21)16-9-17-8-15(19-16)6-13-4-5-20(10-13)12(2)22/h7-9,11,13H,3-6,10H2,1-2H3/t13-/m0/s1. The zero-order valence-corrected chi connectivity index (χ0v) is 13.1. The normalized spacial score (nSPS) is 17.9. The van der Waals surface area contributed by atoms with Gasteiger partial charge in [-0.1, -0.05) is 0 Å². The van der Waals surface area contributed by atoms with E-state index in [9.17, 15) is 4.79 Å². The van der Waals surface area contributed by atoms with Crippen molar-refractivity contribution in [1.82, 2.24) is 24.6 Å². The van der Waals surface area contributed by atoms with Crippen LogP contribution in [0.15, 0.2) is 24.8 Å². The van der Waals surface area contributed by atoms with Crippen molar-refractivity contribution in [3.05, 3.63) is 30.5 Å². The van der Waals surface area contributed by atoms with E-state index in [0.717, 1.165) is 49.4 Å². The fraction of sp³-hybridized carbons (Fsp3) is 0.500. The molecular weight excluding hydrogens is 278 g/mol. The maximum Gasteiger partial charge on any atom is 0.219 e. The second kappa shape index (κ2) is 6.25. The molecule has 6 heteroatoms. The molecule has 116 valence electrons. The first-order valence-electron chi connectivity index (χ1n) is 7.75. The molecule has 2 aromatic rings. The largest absolute Gasteiger partial charge is 0.343 e. The Bertz CT molecular complexity index is 666. The molecule has 0 spiro atoms. The maximum atomic E-state index is 11.4. The van der Waals surface area contributed by atoms with Crippen LogP contribution in [0.4, 0.5) is 0 Å². The van der Waals surface area contributed by atoms with Gasteiger partial charge in [-0.05, 0) is 25.7 Å². The van der Waals surface area contributed by atoms with Gasteiger partial charge >= 0.3 is 0 Å². The lowest BCUT2D eigenvalue weighted by Crippen LogP contribution is -2.26. The molecule has 0 unspecified atom stereocenters. The molecule has 1 aliphatic rings. The van der Waals surface area contributed by atoms with Gasteiger partial charge in [0.25, 0.3) is 0 Å². The number of carbonyl (C=O) groups excluding carboxylic acids is 1. The Morgan fingerprint density at radius 3 is 2.91 bits per heavy atom. The number of carbonyl (C=O) groups is 1. The van der Waals surface area contributed by atoms with Crippen LogP contribution in [0.25, 0.3) is 11.3 Å². The first kappa shape index (κ1) is 14.7. The molecule has 1 aliphatic heterocycles. The first-order valence-corrected chi connectivity index (χ1v) is 7.75. The van der Waals surface area contributed by atoms with E-state index >= 15 is 0 Å². The fourth-order valence-corrected chi connectivity index (χ4v) is 2.89. The van der Waals surface area contributed by atoms with Crippen molar-refractivity contribution >= 4 is 5.91 Å². The highest BCUT2D eigenvalue weighted by molar-refractivity contribution is 5.73. The second-order valence-electron chi connectivity index (χ2n) is 5.80. The number of amides is 1.